The summed E-state index contributed by atoms with van der Waals surface area (Å²) in [6, 6.07) is 3.65. The van der Waals surface area contributed by atoms with Gasteiger partial charge in [0.1, 0.15) is 5.75 Å². The Bertz CT molecular complexity index is 627. The first-order valence-electron chi connectivity index (χ1n) is 4.43. The molecule has 4 nitrogen and oxygen atoms in total. The molecule has 0 saturated carbocycles. The van der Waals surface area contributed by atoms with E-state index < -0.39 is 0 Å². The predicted molar refractivity (Wildman–Crippen MR) is 61.0 cm³/mol. The van der Waals surface area contributed by atoms with Gasteiger partial charge in [-0.15, -0.1) is 0 Å². The number of benzene rings is 1. The lowest BCUT2D eigenvalue weighted by Gasteiger charge is -2.06. The third kappa shape index (κ3) is 1.55. The third-order valence-corrected chi connectivity index (χ3v) is 2.49. The van der Waals surface area contributed by atoms with Gasteiger partial charge in [-0.2, -0.15) is 0 Å². The maximum absolute atomic E-state index is 11.7. The number of rotatable bonds is 1. The van der Waals surface area contributed by atoms with Crippen molar-refractivity contribution in [1.82, 2.24) is 9.97 Å². The van der Waals surface area contributed by atoms with Gasteiger partial charge in [-0.3, -0.25) is 9.78 Å². The van der Waals surface area contributed by atoms with Crippen LogP contribution in [0.5, 0.6) is 5.75 Å². The molecule has 15 heavy (non-hydrogen) atoms. The van der Waals surface area contributed by atoms with E-state index in [1.54, 1.807) is 7.11 Å². The van der Waals surface area contributed by atoms with Gasteiger partial charge in [0, 0.05) is 0 Å². The molecule has 0 saturated heterocycles. The summed E-state index contributed by atoms with van der Waals surface area (Å²) in [6.07, 6.45) is 0. The zero-order chi connectivity index (χ0) is 11.0. The smallest absolute Gasteiger partial charge is 0.259 e. The highest BCUT2D eigenvalue weighted by Crippen LogP contribution is 2.23. The van der Waals surface area contributed by atoms with E-state index in [-0.39, 0.29) is 5.56 Å². The lowest BCUT2D eigenvalue weighted by atomic mass is 10.1. The Morgan fingerprint density at radius 1 is 1.33 bits per heavy atom. The number of aromatic nitrogens is 2. The summed E-state index contributed by atoms with van der Waals surface area (Å²) in [6.45, 7) is 1.87. The van der Waals surface area contributed by atoms with Gasteiger partial charge in [-0.05, 0) is 30.8 Å². The molecule has 5 heteroatoms. The molecule has 2 aromatic rings. The van der Waals surface area contributed by atoms with Crippen molar-refractivity contribution in [3.8, 4) is 5.75 Å². The highest BCUT2D eigenvalue weighted by Gasteiger charge is 2.07. The van der Waals surface area contributed by atoms with E-state index in [1.807, 2.05) is 19.1 Å². The number of ether oxygens (including phenoxy) is 1. The van der Waals surface area contributed by atoms with Crippen molar-refractivity contribution >= 4 is 23.1 Å². The summed E-state index contributed by atoms with van der Waals surface area (Å²) in [5, 5.41) is 0.586. The van der Waals surface area contributed by atoms with Crippen LogP contribution in [0.2, 0.25) is 0 Å². The maximum atomic E-state index is 11.7. The number of H-pyrrole nitrogens is 2. The monoisotopic (exact) mass is 222 g/mol. The second-order valence-electron chi connectivity index (χ2n) is 3.24. The van der Waals surface area contributed by atoms with E-state index in [2.05, 4.69) is 9.97 Å². The van der Waals surface area contributed by atoms with Gasteiger partial charge in [0.05, 0.1) is 18.0 Å². The van der Waals surface area contributed by atoms with Gasteiger partial charge in [-0.1, -0.05) is 6.07 Å². The molecule has 0 fully saturated rings. The minimum atomic E-state index is -0.190. The van der Waals surface area contributed by atoms with Crippen molar-refractivity contribution < 1.29 is 4.74 Å². The van der Waals surface area contributed by atoms with Crippen molar-refractivity contribution in [3.63, 3.8) is 0 Å². The van der Waals surface area contributed by atoms with Gasteiger partial charge < -0.3 is 9.72 Å². The Morgan fingerprint density at radius 3 is 2.73 bits per heavy atom. The number of hydrogen-bond donors (Lipinski definition) is 2. The molecule has 2 N–H and O–H groups in total. The Labute approximate surface area is 90.9 Å². The molecule has 0 unspecified atom stereocenters. The SMILES string of the molecule is COc1ccc(C)c2c(=O)[nH]c(=S)[nH]c12. The molecule has 0 aliphatic heterocycles. The van der Waals surface area contributed by atoms with Crippen LogP contribution in [0, 0.1) is 11.7 Å². The predicted octanol–water partition coefficient (Wildman–Crippen LogP) is 1.90. The van der Waals surface area contributed by atoms with Crippen molar-refractivity contribution in [3.05, 3.63) is 32.8 Å². The Kier molecular flexibility index (Phi) is 2.32. The maximum Gasteiger partial charge on any atom is 0.259 e. The average molecular weight is 222 g/mol. The largest absolute Gasteiger partial charge is 0.495 e. The molecule has 0 atom stereocenters. The topological polar surface area (TPSA) is 57.9 Å². The first-order chi connectivity index (χ1) is 7.13. The van der Waals surface area contributed by atoms with Crippen LogP contribution in [0.1, 0.15) is 5.56 Å². The van der Waals surface area contributed by atoms with E-state index in [0.29, 0.717) is 21.4 Å². The quantitative estimate of drug-likeness (QED) is 0.724. The summed E-state index contributed by atoms with van der Waals surface area (Å²) in [5.74, 6) is 0.618. The highest BCUT2D eigenvalue weighted by molar-refractivity contribution is 7.71. The van der Waals surface area contributed by atoms with E-state index in [0.717, 1.165) is 5.56 Å². The summed E-state index contributed by atoms with van der Waals surface area (Å²) >= 11 is 4.91. The number of methoxy groups -OCH3 is 1. The third-order valence-electron chi connectivity index (χ3n) is 2.29. The molecule has 78 valence electrons. The summed E-state index contributed by atoms with van der Waals surface area (Å²) < 4.78 is 5.46. The van der Waals surface area contributed by atoms with Crippen LogP contribution in [-0.2, 0) is 0 Å². The number of aromatic amines is 2. The zero-order valence-corrected chi connectivity index (χ0v) is 9.20. The summed E-state index contributed by atoms with van der Waals surface area (Å²) in [4.78, 5) is 17.2. The molecule has 0 bridgehead atoms. The number of hydrogen-bond acceptors (Lipinski definition) is 3. The molecule has 0 aliphatic carbocycles. The molecular weight excluding hydrogens is 212 g/mol. The fourth-order valence-corrected chi connectivity index (χ4v) is 1.78. The minimum absolute atomic E-state index is 0.190. The van der Waals surface area contributed by atoms with Gasteiger partial charge in [-0.25, -0.2) is 0 Å². The molecule has 0 aliphatic rings. The number of nitrogens with one attached hydrogen (secondary N) is 2. The number of aryl methyl sites for hydroxylation is 1. The van der Waals surface area contributed by atoms with Crippen LogP contribution in [-0.4, -0.2) is 17.1 Å². The lowest BCUT2D eigenvalue weighted by Crippen LogP contribution is -2.09. The molecule has 0 spiro atoms. The first kappa shape index (κ1) is 9.92. The lowest BCUT2D eigenvalue weighted by molar-refractivity contribution is 0.418. The summed E-state index contributed by atoms with van der Waals surface area (Å²) in [5.41, 5.74) is 1.34. The van der Waals surface area contributed by atoms with E-state index in [9.17, 15) is 4.79 Å². The van der Waals surface area contributed by atoms with Crippen molar-refractivity contribution in [2.75, 3.05) is 7.11 Å². The Hall–Kier alpha value is -1.62. The van der Waals surface area contributed by atoms with E-state index >= 15 is 0 Å². The molecule has 0 radical (unpaired) electrons. The average Bonchev–Trinajstić information content (AvgIpc) is 2.17. The molecular formula is C10H10N2O2S. The van der Waals surface area contributed by atoms with Gasteiger partial charge in [0.15, 0.2) is 4.77 Å². The minimum Gasteiger partial charge on any atom is -0.495 e. The highest BCUT2D eigenvalue weighted by atomic mass is 32.1. The van der Waals surface area contributed by atoms with Crippen LogP contribution in [0.25, 0.3) is 10.9 Å². The molecule has 1 aromatic heterocycles. The van der Waals surface area contributed by atoms with Crippen molar-refractivity contribution in [2.24, 2.45) is 0 Å². The van der Waals surface area contributed by atoms with Crippen LogP contribution >= 0.6 is 12.2 Å². The Balaban J connectivity index is 3.07. The van der Waals surface area contributed by atoms with Gasteiger partial charge >= 0.3 is 0 Å². The standard InChI is InChI=1S/C10H10N2O2S/c1-5-3-4-6(14-2)8-7(5)9(13)12-10(15)11-8/h3-4H,1-2H3,(H2,11,12,13,15). The molecule has 2 rings (SSSR count). The van der Waals surface area contributed by atoms with Gasteiger partial charge in [0.2, 0.25) is 0 Å². The number of fused-ring (bicyclic) bond motifs is 1. The zero-order valence-electron chi connectivity index (χ0n) is 8.38. The van der Waals surface area contributed by atoms with Crippen LogP contribution in [0.3, 0.4) is 0 Å². The Morgan fingerprint density at radius 2 is 2.07 bits per heavy atom. The van der Waals surface area contributed by atoms with Crippen LogP contribution < -0.4 is 10.3 Å². The normalized spacial score (nSPS) is 10.5. The molecule has 1 aromatic carbocycles. The second-order valence-corrected chi connectivity index (χ2v) is 3.65. The van der Waals surface area contributed by atoms with Crippen LogP contribution in [0.4, 0.5) is 0 Å². The van der Waals surface area contributed by atoms with Crippen molar-refractivity contribution in [1.29, 1.82) is 0 Å². The summed E-state index contributed by atoms with van der Waals surface area (Å²) in [7, 11) is 1.56. The fraction of sp³-hybridized carbons (Fsp3) is 0.200. The van der Waals surface area contributed by atoms with E-state index in [4.69, 9.17) is 17.0 Å². The van der Waals surface area contributed by atoms with Gasteiger partial charge in [0.25, 0.3) is 5.56 Å². The second kappa shape index (κ2) is 3.51. The fourth-order valence-electron chi connectivity index (χ4n) is 1.58. The molecule has 0 amide bonds. The first-order valence-corrected chi connectivity index (χ1v) is 4.84. The van der Waals surface area contributed by atoms with E-state index in [1.165, 1.54) is 0 Å². The molecule has 1 heterocycles. The van der Waals surface area contributed by atoms with Crippen molar-refractivity contribution in [2.45, 2.75) is 6.92 Å². The van der Waals surface area contributed by atoms with Crippen LogP contribution in [0.15, 0.2) is 16.9 Å².